The summed E-state index contributed by atoms with van der Waals surface area (Å²) in [4.78, 5) is 23.7. The number of rotatable bonds is 8. The molecule has 0 radical (unpaired) electrons. The zero-order valence-electron chi connectivity index (χ0n) is 15.3. The minimum atomic E-state index is -1.17. The largest absolute Gasteiger partial charge is 0.497 e. The molecule has 0 aliphatic heterocycles. The topological polar surface area (TPSA) is 132 Å². The van der Waals surface area contributed by atoms with E-state index in [2.05, 4.69) is 20.8 Å². The summed E-state index contributed by atoms with van der Waals surface area (Å²) in [5.74, 6) is -0.173. The van der Waals surface area contributed by atoms with Gasteiger partial charge in [-0.15, -0.1) is 5.10 Å². The molecule has 10 nitrogen and oxygen atoms in total. The number of carbonyl (C=O) groups is 2. The number of aryl methyl sites for hydroxylation is 1. The van der Waals surface area contributed by atoms with E-state index >= 15 is 0 Å². The van der Waals surface area contributed by atoms with Crippen molar-refractivity contribution in [2.75, 3.05) is 7.11 Å². The van der Waals surface area contributed by atoms with Crippen LogP contribution in [-0.4, -0.2) is 44.3 Å². The summed E-state index contributed by atoms with van der Waals surface area (Å²) in [5.41, 5.74) is 0.876. The van der Waals surface area contributed by atoms with Crippen molar-refractivity contribution < 1.29 is 23.8 Å². The van der Waals surface area contributed by atoms with Crippen molar-refractivity contribution in [2.24, 2.45) is 0 Å². The van der Waals surface area contributed by atoms with Crippen molar-refractivity contribution in [1.29, 1.82) is 0 Å². The highest BCUT2D eigenvalue weighted by Gasteiger charge is 2.24. The number of nitrogens with zero attached hydrogens (tertiary/aromatic N) is 4. The number of tetrazole rings is 1. The Kier molecular flexibility index (Phi) is 5.68. The lowest BCUT2D eigenvalue weighted by Crippen LogP contribution is -2.34. The molecular weight excluding hydrogens is 366 g/mol. The molecule has 1 aromatic carbocycles. The predicted octanol–water partition coefficient (Wildman–Crippen LogP) is 1.38. The third kappa shape index (κ3) is 4.34. The summed E-state index contributed by atoms with van der Waals surface area (Å²) in [6.07, 6.45) is 0.341. The van der Waals surface area contributed by atoms with Gasteiger partial charge in [-0.05, 0) is 47.2 Å². The van der Waals surface area contributed by atoms with E-state index in [1.54, 1.807) is 14.0 Å². The van der Waals surface area contributed by atoms with Crippen molar-refractivity contribution in [2.45, 2.75) is 25.9 Å². The van der Waals surface area contributed by atoms with E-state index in [0.717, 1.165) is 5.56 Å². The third-order valence-corrected chi connectivity index (χ3v) is 4.13. The van der Waals surface area contributed by atoms with E-state index in [4.69, 9.17) is 14.3 Å². The minimum absolute atomic E-state index is 0.0435. The van der Waals surface area contributed by atoms with Gasteiger partial charge < -0.3 is 19.6 Å². The highest BCUT2D eigenvalue weighted by molar-refractivity contribution is 5.84. The molecule has 0 bridgehead atoms. The van der Waals surface area contributed by atoms with Crippen LogP contribution in [0.4, 0.5) is 0 Å². The highest BCUT2D eigenvalue weighted by atomic mass is 16.5. The fraction of sp³-hybridized carbons (Fsp3) is 0.278. The van der Waals surface area contributed by atoms with Crippen LogP contribution in [0.15, 0.2) is 40.8 Å². The molecule has 2 N–H and O–H groups in total. The Morgan fingerprint density at radius 2 is 2.14 bits per heavy atom. The molecule has 3 aromatic rings. The lowest BCUT2D eigenvalue weighted by molar-refractivity contribution is -0.125. The Labute approximate surface area is 160 Å². The first-order chi connectivity index (χ1) is 13.5. The SMILES string of the molecule is COc1cccc(CC(C(=O)NCc2ccc(C(=O)O)o2)n2nnnc2C)c1. The number of amides is 1. The van der Waals surface area contributed by atoms with Crippen LogP contribution in [0.25, 0.3) is 0 Å². The molecule has 146 valence electrons. The summed E-state index contributed by atoms with van der Waals surface area (Å²) in [6, 6.07) is 9.52. The fourth-order valence-corrected chi connectivity index (χ4v) is 2.72. The van der Waals surface area contributed by atoms with Crippen LogP contribution < -0.4 is 10.1 Å². The zero-order chi connectivity index (χ0) is 20.1. The average molecular weight is 385 g/mol. The quantitative estimate of drug-likeness (QED) is 0.594. The highest BCUT2D eigenvalue weighted by Crippen LogP contribution is 2.19. The molecule has 2 aromatic heterocycles. The number of nitrogens with one attached hydrogen (secondary N) is 1. The molecule has 0 fully saturated rings. The second kappa shape index (κ2) is 8.33. The number of furan rings is 1. The molecule has 2 heterocycles. The maximum absolute atomic E-state index is 12.8. The smallest absolute Gasteiger partial charge is 0.371 e. The van der Waals surface area contributed by atoms with Crippen LogP contribution >= 0.6 is 0 Å². The van der Waals surface area contributed by atoms with Crippen molar-refractivity contribution in [3.8, 4) is 5.75 Å². The Morgan fingerprint density at radius 1 is 1.32 bits per heavy atom. The van der Waals surface area contributed by atoms with Crippen molar-refractivity contribution in [3.63, 3.8) is 0 Å². The Bertz CT molecular complexity index is 980. The molecule has 0 spiro atoms. The first-order valence-electron chi connectivity index (χ1n) is 8.45. The first kappa shape index (κ1) is 19.1. The molecule has 0 aliphatic rings. The monoisotopic (exact) mass is 385 g/mol. The van der Waals surface area contributed by atoms with Gasteiger partial charge in [0.2, 0.25) is 11.7 Å². The average Bonchev–Trinajstić information content (AvgIpc) is 3.33. The van der Waals surface area contributed by atoms with Gasteiger partial charge in [0.1, 0.15) is 23.4 Å². The fourth-order valence-electron chi connectivity index (χ4n) is 2.72. The van der Waals surface area contributed by atoms with Gasteiger partial charge in [0.25, 0.3) is 0 Å². The van der Waals surface area contributed by atoms with E-state index < -0.39 is 12.0 Å². The van der Waals surface area contributed by atoms with Crippen molar-refractivity contribution in [1.82, 2.24) is 25.5 Å². The van der Waals surface area contributed by atoms with E-state index in [1.165, 1.54) is 16.8 Å². The number of carbonyl (C=O) groups excluding carboxylic acids is 1. The molecule has 10 heteroatoms. The Hall–Kier alpha value is -3.69. The number of hydrogen-bond donors (Lipinski definition) is 2. The van der Waals surface area contributed by atoms with Gasteiger partial charge >= 0.3 is 5.97 Å². The maximum Gasteiger partial charge on any atom is 0.371 e. The summed E-state index contributed by atoms with van der Waals surface area (Å²) >= 11 is 0. The lowest BCUT2D eigenvalue weighted by Gasteiger charge is -2.17. The van der Waals surface area contributed by atoms with Gasteiger partial charge in [-0.2, -0.15) is 0 Å². The van der Waals surface area contributed by atoms with Gasteiger partial charge in [0.05, 0.1) is 13.7 Å². The van der Waals surface area contributed by atoms with Crippen LogP contribution in [0.1, 0.15) is 33.7 Å². The number of aromatic carboxylic acids is 1. The Balaban J connectivity index is 1.76. The molecule has 1 atom stereocenters. The minimum Gasteiger partial charge on any atom is -0.497 e. The second-order valence-corrected chi connectivity index (χ2v) is 6.03. The van der Waals surface area contributed by atoms with Crippen molar-refractivity contribution in [3.05, 3.63) is 59.3 Å². The van der Waals surface area contributed by atoms with Gasteiger partial charge in [-0.25, -0.2) is 9.48 Å². The third-order valence-electron chi connectivity index (χ3n) is 4.13. The molecule has 28 heavy (non-hydrogen) atoms. The van der Waals surface area contributed by atoms with E-state index in [9.17, 15) is 9.59 Å². The van der Waals surface area contributed by atoms with Gasteiger partial charge in [-0.1, -0.05) is 12.1 Å². The number of benzene rings is 1. The Morgan fingerprint density at radius 3 is 2.79 bits per heavy atom. The molecule has 0 saturated carbocycles. The number of ether oxygens (including phenoxy) is 1. The van der Waals surface area contributed by atoms with E-state index in [-0.39, 0.29) is 18.2 Å². The van der Waals surface area contributed by atoms with E-state index in [1.807, 2.05) is 24.3 Å². The molecule has 3 rings (SSSR count). The summed E-state index contributed by atoms with van der Waals surface area (Å²) in [6.45, 7) is 1.75. The first-order valence-corrected chi connectivity index (χ1v) is 8.45. The standard InChI is InChI=1S/C18H19N5O5/c1-11-20-21-22-23(11)15(9-12-4-3-5-13(8-12)27-2)17(24)19-10-14-6-7-16(28-14)18(25)26/h3-8,15H,9-10H2,1-2H3,(H,19,24)(H,25,26). The molecule has 0 saturated heterocycles. The number of hydrogen-bond acceptors (Lipinski definition) is 7. The molecule has 0 aliphatic carbocycles. The van der Waals surface area contributed by atoms with Crippen LogP contribution in [0.5, 0.6) is 5.75 Å². The second-order valence-electron chi connectivity index (χ2n) is 6.03. The zero-order valence-corrected chi connectivity index (χ0v) is 15.3. The predicted molar refractivity (Wildman–Crippen MR) is 95.8 cm³/mol. The number of carboxylic acids is 1. The van der Waals surface area contributed by atoms with Gasteiger partial charge in [0, 0.05) is 6.42 Å². The summed E-state index contributed by atoms with van der Waals surface area (Å²) in [5, 5.41) is 23.0. The van der Waals surface area contributed by atoms with Crippen LogP contribution in [0.2, 0.25) is 0 Å². The normalized spacial score (nSPS) is 11.8. The number of carboxylic acid groups (broad SMARTS) is 1. The van der Waals surface area contributed by atoms with Gasteiger partial charge in [0.15, 0.2) is 0 Å². The molecule has 1 unspecified atom stereocenters. The molecular formula is C18H19N5O5. The van der Waals surface area contributed by atoms with E-state index in [0.29, 0.717) is 23.8 Å². The number of methoxy groups -OCH3 is 1. The van der Waals surface area contributed by atoms with Gasteiger partial charge in [-0.3, -0.25) is 4.79 Å². The van der Waals surface area contributed by atoms with Crippen LogP contribution in [-0.2, 0) is 17.8 Å². The van der Waals surface area contributed by atoms with Crippen LogP contribution in [0.3, 0.4) is 0 Å². The number of aromatic nitrogens is 4. The summed E-state index contributed by atoms with van der Waals surface area (Å²) < 4.78 is 11.8. The molecule has 1 amide bonds. The lowest BCUT2D eigenvalue weighted by atomic mass is 10.0. The van der Waals surface area contributed by atoms with Crippen molar-refractivity contribution >= 4 is 11.9 Å². The summed E-state index contributed by atoms with van der Waals surface area (Å²) in [7, 11) is 1.57. The van der Waals surface area contributed by atoms with Crippen LogP contribution in [0, 0.1) is 6.92 Å². The maximum atomic E-state index is 12.8.